The largest absolute Gasteiger partial charge is 0.468 e. The van der Waals surface area contributed by atoms with Crippen molar-refractivity contribution in [2.24, 2.45) is 17.6 Å². The van der Waals surface area contributed by atoms with Gasteiger partial charge in [-0.25, -0.2) is 0 Å². The van der Waals surface area contributed by atoms with E-state index >= 15 is 0 Å². The first-order chi connectivity index (χ1) is 12.5. The second-order valence-corrected chi connectivity index (χ2v) is 6.35. The van der Waals surface area contributed by atoms with Crippen LogP contribution in [0.4, 0.5) is 0 Å². The molecular formula is C16H25N3O8. The fraction of sp³-hybridized carbons (Fsp3) is 0.688. The molecule has 0 bridgehead atoms. The number of β-amino-alcohol motifs (C(OH)–C–C–N with tert-alkyl or cyclic N) is 1. The number of primary amides is 1. The molecule has 0 aromatic rings. The van der Waals surface area contributed by atoms with Crippen LogP contribution in [-0.2, 0) is 33.4 Å². The van der Waals surface area contributed by atoms with Gasteiger partial charge in [0, 0.05) is 25.8 Å². The summed E-state index contributed by atoms with van der Waals surface area (Å²) >= 11 is 0. The van der Waals surface area contributed by atoms with Crippen molar-refractivity contribution >= 4 is 29.7 Å². The first-order valence-electron chi connectivity index (χ1n) is 8.25. The molecule has 11 heteroatoms. The lowest BCUT2D eigenvalue weighted by molar-refractivity contribution is -0.162. The number of ether oxygens (including phenoxy) is 2. The van der Waals surface area contributed by atoms with Crippen LogP contribution in [0.5, 0.6) is 0 Å². The number of likely N-dealkylation sites (tertiary alicyclic amines) is 1. The van der Waals surface area contributed by atoms with Crippen LogP contribution in [-0.4, -0.2) is 78.6 Å². The summed E-state index contributed by atoms with van der Waals surface area (Å²) in [6.07, 6.45) is -0.894. The standard InChI is InChI=1S/C16H25N3O8/c1-7(11(15(24)26-3)16(25)27-4)12(13(17)22)18-14(23)10-5-9(21)6-19(10)8(2)20/h7,9-12,21H,5-6H2,1-4H3,(H2,17,22)(H,18,23)/t7-,9-,10+,12-/m1/s1. The average molecular weight is 387 g/mol. The highest BCUT2D eigenvalue weighted by Crippen LogP contribution is 2.22. The van der Waals surface area contributed by atoms with E-state index in [1.54, 1.807) is 0 Å². The third-order valence-corrected chi connectivity index (χ3v) is 4.55. The van der Waals surface area contributed by atoms with E-state index in [4.69, 9.17) is 5.73 Å². The highest BCUT2D eigenvalue weighted by molar-refractivity contribution is 5.97. The number of nitrogens with one attached hydrogen (secondary N) is 1. The van der Waals surface area contributed by atoms with Crippen molar-refractivity contribution in [2.75, 3.05) is 20.8 Å². The van der Waals surface area contributed by atoms with Crippen LogP contribution in [0.15, 0.2) is 0 Å². The van der Waals surface area contributed by atoms with Crippen molar-refractivity contribution in [3.05, 3.63) is 0 Å². The molecule has 4 atom stereocenters. The second kappa shape index (κ2) is 9.31. The van der Waals surface area contributed by atoms with E-state index in [0.29, 0.717) is 0 Å². The van der Waals surface area contributed by atoms with Gasteiger partial charge in [-0.3, -0.25) is 24.0 Å². The number of esters is 2. The van der Waals surface area contributed by atoms with Crippen LogP contribution in [0.2, 0.25) is 0 Å². The summed E-state index contributed by atoms with van der Waals surface area (Å²) in [5, 5.41) is 12.1. The Bertz CT molecular complexity index is 607. The van der Waals surface area contributed by atoms with Gasteiger partial charge in [-0.1, -0.05) is 6.92 Å². The zero-order valence-corrected chi connectivity index (χ0v) is 15.6. The second-order valence-electron chi connectivity index (χ2n) is 6.35. The fourth-order valence-electron chi connectivity index (χ4n) is 3.09. The average Bonchev–Trinajstić information content (AvgIpc) is 3.00. The molecule has 1 aliphatic rings. The molecule has 1 aliphatic heterocycles. The quantitative estimate of drug-likeness (QED) is 0.319. The topological polar surface area (TPSA) is 165 Å². The zero-order valence-electron chi connectivity index (χ0n) is 15.6. The lowest BCUT2D eigenvalue weighted by Crippen LogP contribution is -2.56. The Labute approximate surface area is 156 Å². The van der Waals surface area contributed by atoms with E-state index in [0.717, 1.165) is 14.2 Å². The summed E-state index contributed by atoms with van der Waals surface area (Å²) < 4.78 is 9.13. The number of aliphatic hydroxyl groups is 1. The van der Waals surface area contributed by atoms with Crippen LogP contribution in [0.1, 0.15) is 20.3 Å². The highest BCUT2D eigenvalue weighted by atomic mass is 16.5. The van der Waals surface area contributed by atoms with Crippen molar-refractivity contribution in [1.82, 2.24) is 10.2 Å². The number of methoxy groups -OCH3 is 2. The lowest BCUT2D eigenvalue weighted by Gasteiger charge is -2.29. The Morgan fingerprint density at radius 1 is 1.15 bits per heavy atom. The first-order valence-corrected chi connectivity index (χ1v) is 8.25. The Morgan fingerprint density at radius 2 is 1.67 bits per heavy atom. The molecule has 152 valence electrons. The molecule has 0 aromatic carbocycles. The molecule has 0 radical (unpaired) electrons. The molecule has 1 rings (SSSR count). The Hall–Kier alpha value is -2.69. The van der Waals surface area contributed by atoms with Crippen LogP contribution < -0.4 is 11.1 Å². The van der Waals surface area contributed by atoms with Gasteiger partial charge in [-0.2, -0.15) is 0 Å². The lowest BCUT2D eigenvalue weighted by atomic mass is 9.86. The summed E-state index contributed by atoms with van der Waals surface area (Å²) in [7, 11) is 2.13. The molecule has 0 aromatic heterocycles. The molecular weight excluding hydrogens is 362 g/mol. The summed E-state index contributed by atoms with van der Waals surface area (Å²) in [5.74, 6) is -6.60. The normalized spacial score (nSPS) is 21.3. The summed E-state index contributed by atoms with van der Waals surface area (Å²) in [5.41, 5.74) is 5.34. The predicted molar refractivity (Wildman–Crippen MR) is 89.6 cm³/mol. The minimum atomic E-state index is -1.49. The van der Waals surface area contributed by atoms with Crippen molar-refractivity contribution in [3.63, 3.8) is 0 Å². The number of hydrogen-bond donors (Lipinski definition) is 3. The van der Waals surface area contributed by atoms with Crippen LogP contribution in [0.3, 0.4) is 0 Å². The maximum absolute atomic E-state index is 12.6. The van der Waals surface area contributed by atoms with Gasteiger partial charge in [0.15, 0.2) is 5.92 Å². The highest BCUT2D eigenvalue weighted by Gasteiger charge is 2.44. The van der Waals surface area contributed by atoms with Crippen LogP contribution in [0, 0.1) is 11.8 Å². The Kier molecular flexibility index (Phi) is 7.70. The van der Waals surface area contributed by atoms with Gasteiger partial charge in [0.05, 0.1) is 20.3 Å². The Balaban J connectivity index is 3.05. The van der Waals surface area contributed by atoms with Crippen molar-refractivity contribution in [1.29, 1.82) is 0 Å². The van der Waals surface area contributed by atoms with Crippen LogP contribution in [0.25, 0.3) is 0 Å². The van der Waals surface area contributed by atoms with Gasteiger partial charge in [0.1, 0.15) is 12.1 Å². The number of nitrogens with zero attached hydrogens (tertiary/aromatic N) is 1. The third-order valence-electron chi connectivity index (χ3n) is 4.55. The van der Waals surface area contributed by atoms with Gasteiger partial charge < -0.3 is 30.5 Å². The molecule has 1 fully saturated rings. The van der Waals surface area contributed by atoms with Gasteiger partial charge >= 0.3 is 11.9 Å². The van der Waals surface area contributed by atoms with E-state index in [2.05, 4.69) is 14.8 Å². The smallest absolute Gasteiger partial charge is 0.320 e. The minimum absolute atomic E-state index is 0.0112. The molecule has 4 N–H and O–H groups in total. The molecule has 0 saturated carbocycles. The number of aliphatic hydroxyl groups excluding tert-OH is 1. The van der Waals surface area contributed by atoms with E-state index in [1.165, 1.54) is 18.7 Å². The summed E-state index contributed by atoms with van der Waals surface area (Å²) in [4.78, 5) is 61.1. The number of hydrogen-bond acceptors (Lipinski definition) is 8. The number of nitrogens with two attached hydrogens (primary N) is 1. The van der Waals surface area contributed by atoms with Crippen molar-refractivity contribution < 1.29 is 38.6 Å². The molecule has 27 heavy (non-hydrogen) atoms. The summed E-state index contributed by atoms with van der Waals surface area (Å²) in [6, 6.07) is -2.41. The van der Waals surface area contributed by atoms with E-state index in [1.807, 2.05) is 0 Å². The minimum Gasteiger partial charge on any atom is -0.468 e. The molecule has 11 nitrogen and oxygen atoms in total. The molecule has 0 aliphatic carbocycles. The van der Waals surface area contributed by atoms with Gasteiger partial charge in [0.25, 0.3) is 0 Å². The molecule has 0 unspecified atom stereocenters. The monoisotopic (exact) mass is 387 g/mol. The third kappa shape index (κ3) is 5.16. The van der Waals surface area contributed by atoms with E-state index < -0.39 is 59.7 Å². The Morgan fingerprint density at radius 3 is 2.07 bits per heavy atom. The van der Waals surface area contributed by atoms with Gasteiger partial charge in [-0.05, 0) is 0 Å². The van der Waals surface area contributed by atoms with Crippen LogP contribution >= 0.6 is 0 Å². The van der Waals surface area contributed by atoms with Crippen molar-refractivity contribution in [3.8, 4) is 0 Å². The van der Waals surface area contributed by atoms with Gasteiger partial charge in [-0.15, -0.1) is 0 Å². The molecule has 0 spiro atoms. The number of carbonyl (C=O) groups excluding carboxylic acids is 5. The summed E-state index contributed by atoms with van der Waals surface area (Å²) in [6.45, 7) is 2.59. The predicted octanol–water partition coefficient (Wildman–Crippen LogP) is -2.46. The van der Waals surface area contributed by atoms with Crippen molar-refractivity contribution in [2.45, 2.75) is 38.5 Å². The zero-order chi connectivity index (χ0) is 20.9. The van der Waals surface area contributed by atoms with Gasteiger partial charge in [0.2, 0.25) is 17.7 Å². The number of rotatable bonds is 7. The van der Waals surface area contributed by atoms with E-state index in [9.17, 15) is 29.1 Å². The number of amides is 3. The first kappa shape index (κ1) is 22.4. The maximum Gasteiger partial charge on any atom is 0.320 e. The molecule has 3 amide bonds. The molecule has 1 heterocycles. The SMILES string of the molecule is COC(=O)C(C(=O)OC)[C@@H](C)[C@@H](NC(=O)[C@@H]1C[C@@H](O)CN1C(C)=O)C(N)=O. The maximum atomic E-state index is 12.6. The fourth-order valence-corrected chi connectivity index (χ4v) is 3.09. The number of carbonyl (C=O) groups is 5. The van der Waals surface area contributed by atoms with E-state index in [-0.39, 0.29) is 13.0 Å². The molecule has 1 saturated heterocycles.